The largest absolute Gasteiger partial charge is 0.165 e. The molecular weight excluding hydrogens is 148 g/mol. The molecular formula is C7H16S2. The van der Waals surface area contributed by atoms with Crippen molar-refractivity contribution >= 4 is 23.5 Å². The minimum absolute atomic E-state index is 1.32. The lowest BCUT2D eigenvalue weighted by atomic mass is 10.6. The third-order valence-corrected chi connectivity index (χ3v) is 2.96. The maximum Gasteiger partial charge on any atom is -0.00597 e. The zero-order chi connectivity index (χ0) is 6.95. The minimum Gasteiger partial charge on any atom is -0.165 e. The molecule has 0 nitrogen and oxygen atoms in total. The van der Waals surface area contributed by atoms with E-state index in [1.165, 1.54) is 30.1 Å². The van der Waals surface area contributed by atoms with Crippen LogP contribution in [0.15, 0.2) is 0 Å². The van der Waals surface area contributed by atoms with Crippen LogP contribution in [-0.4, -0.2) is 23.5 Å². The molecule has 0 saturated heterocycles. The van der Waals surface area contributed by atoms with Crippen LogP contribution in [0.1, 0.15) is 19.8 Å². The van der Waals surface area contributed by atoms with Crippen LogP contribution in [0.2, 0.25) is 0 Å². The Labute approximate surface area is 67.2 Å². The second kappa shape index (κ2) is 8.70. The van der Waals surface area contributed by atoms with Crippen molar-refractivity contribution in [3.8, 4) is 0 Å². The number of rotatable bonds is 6. The van der Waals surface area contributed by atoms with Gasteiger partial charge in [-0.15, -0.1) is 0 Å². The van der Waals surface area contributed by atoms with Crippen molar-refractivity contribution in [1.82, 2.24) is 0 Å². The lowest BCUT2D eigenvalue weighted by Gasteiger charge is -1.96. The average Bonchev–Trinajstić information content (AvgIpc) is 1.89. The minimum atomic E-state index is 1.32. The molecule has 0 aromatic heterocycles. The first-order valence-corrected chi connectivity index (χ1v) is 6.03. The predicted molar refractivity (Wildman–Crippen MR) is 50.6 cm³/mol. The van der Waals surface area contributed by atoms with Crippen molar-refractivity contribution in [3.63, 3.8) is 0 Å². The molecule has 0 N–H and O–H groups in total. The summed E-state index contributed by atoms with van der Waals surface area (Å²) < 4.78 is 0. The Kier molecular flexibility index (Phi) is 9.38. The van der Waals surface area contributed by atoms with Gasteiger partial charge in [0.15, 0.2) is 0 Å². The predicted octanol–water partition coefficient (Wildman–Crippen LogP) is 2.88. The maximum absolute atomic E-state index is 2.24. The number of thioether (sulfide) groups is 2. The fraction of sp³-hybridized carbons (Fsp3) is 1.00. The summed E-state index contributed by atoms with van der Waals surface area (Å²) in [5.41, 5.74) is 0. The van der Waals surface area contributed by atoms with Gasteiger partial charge < -0.3 is 0 Å². The van der Waals surface area contributed by atoms with E-state index in [2.05, 4.69) is 24.9 Å². The number of hydrogen-bond donors (Lipinski definition) is 0. The second-order valence-corrected chi connectivity index (χ2v) is 4.17. The Morgan fingerprint density at radius 2 is 1.89 bits per heavy atom. The standard InChI is InChI=1S/C7H16S2/c1-3-5-9-7-4-6-8-2/h3-7H2,1-2H3. The lowest BCUT2D eigenvalue weighted by molar-refractivity contribution is 1.08. The summed E-state index contributed by atoms with van der Waals surface area (Å²) >= 11 is 4.03. The summed E-state index contributed by atoms with van der Waals surface area (Å²) in [6.45, 7) is 2.24. The molecule has 0 saturated carbocycles. The van der Waals surface area contributed by atoms with Crippen LogP contribution in [-0.2, 0) is 0 Å². The smallest absolute Gasteiger partial charge is 0.00597 e. The molecule has 0 bridgehead atoms. The maximum atomic E-state index is 2.24. The van der Waals surface area contributed by atoms with E-state index in [4.69, 9.17) is 0 Å². The zero-order valence-corrected chi connectivity index (χ0v) is 7.99. The molecule has 0 spiro atoms. The van der Waals surface area contributed by atoms with Crippen molar-refractivity contribution in [1.29, 1.82) is 0 Å². The molecule has 0 heterocycles. The van der Waals surface area contributed by atoms with Gasteiger partial charge in [-0.25, -0.2) is 0 Å². The van der Waals surface area contributed by atoms with E-state index in [9.17, 15) is 0 Å². The SMILES string of the molecule is CCCSCCCSC. The molecule has 0 fully saturated rings. The molecule has 0 aromatic rings. The highest BCUT2D eigenvalue weighted by atomic mass is 32.2. The molecule has 0 radical (unpaired) electrons. The molecule has 2 heteroatoms. The van der Waals surface area contributed by atoms with Crippen LogP contribution in [0.25, 0.3) is 0 Å². The first-order valence-electron chi connectivity index (χ1n) is 3.48. The van der Waals surface area contributed by atoms with Gasteiger partial charge in [-0.3, -0.25) is 0 Å². The van der Waals surface area contributed by atoms with E-state index in [1.54, 1.807) is 0 Å². The fourth-order valence-corrected chi connectivity index (χ4v) is 2.01. The zero-order valence-electron chi connectivity index (χ0n) is 6.35. The Morgan fingerprint density at radius 3 is 2.44 bits per heavy atom. The highest BCUT2D eigenvalue weighted by Gasteiger charge is 1.85. The van der Waals surface area contributed by atoms with E-state index in [-0.39, 0.29) is 0 Å². The van der Waals surface area contributed by atoms with Gasteiger partial charge >= 0.3 is 0 Å². The normalized spacial score (nSPS) is 10.0. The summed E-state index contributed by atoms with van der Waals surface area (Å²) in [5.74, 6) is 4.03. The first-order chi connectivity index (χ1) is 4.41. The molecule has 56 valence electrons. The van der Waals surface area contributed by atoms with E-state index in [0.717, 1.165) is 0 Å². The van der Waals surface area contributed by atoms with Gasteiger partial charge in [-0.05, 0) is 36.4 Å². The Bertz CT molecular complexity index is 40.2. The summed E-state index contributed by atoms with van der Waals surface area (Å²) in [4.78, 5) is 0. The van der Waals surface area contributed by atoms with Crippen LogP contribution >= 0.6 is 23.5 Å². The van der Waals surface area contributed by atoms with Crippen LogP contribution in [0, 0.1) is 0 Å². The van der Waals surface area contributed by atoms with Gasteiger partial charge in [-0.1, -0.05) is 6.92 Å². The van der Waals surface area contributed by atoms with Crippen LogP contribution in [0.3, 0.4) is 0 Å². The average molecular weight is 164 g/mol. The van der Waals surface area contributed by atoms with Gasteiger partial charge in [0.1, 0.15) is 0 Å². The van der Waals surface area contributed by atoms with Gasteiger partial charge in [0.2, 0.25) is 0 Å². The van der Waals surface area contributed by atoms with Gasteiger partial charge in [-0.2, -0.15) is 23.5 Å². The highest BCUT2D eigenvalue weighted by molar-refractivity contribution is 7.99. The Hall–Kier alpha value is 0.700. The van der Waals surface area contributed by atoms with E-state index >= 15 is 0 Å². The summed E-state index contributed by atoms with van der Waals surface area (Å²) in [5, 5.41) is 0. The van der Waals surface area contributed by atoms with E-state index in [0.29, 0.717) is 0 Å². The van der Waals surface area contributed by atoms with Crippen molar-refractivity contribution in [2.75, 3.05) is 23.5 Å². The Balaban J connectivity index is 2.60. The third-order valence-electron chi connectivity index (χ3n) is 0.986. The third kappa shape index (κ3) is 8.70. The molecule has 0 amide bonds. The molecule has 0 aromatic carbocycles. The Morgan fingerprint density at radius 1 is 1.11 bits per heavy atom. The van der Waals surface area contributed by atoms with Crippen molar-refractivity contribution in [2.45, 2.75) is 19.8 Å². The molecule has 0 unspecified atom stereocenters. The molecule has 9 heavy (non-hydrogen) atoms. The van der Waals surface area contributed by atoms with Gasteiger partial charge in [0.25, 0.3) is 0 Å². The monoisotopic (exact) mass is 164 g/mol. The van der Waals surface area contributed by atoms with Crippen molar-refractivity contribution in [2.24, 2.45) is 0 Å². The van der Waals surface area contributed by atoms with Gasteiger partial charge in [0, 0.05) is 0 Å². The van der Waals surface area contributed by atoms with Gasteiger partial charge in [0.05, 0.1) is 0 Å². The van der Waals surface area contributed by atoms with E-state index < -0.39 is 0 Å². The molecule has 0 aliphatic carbocycles. The molecule has 0 rings (SSSR count). The van der Waals surface area contributed by atoms with Crippen LogP contribution in [0.4, 0.5) is 0 Å². The van der Waals surface area contributed by atoms with Crippen LogP contribution in [0.5, 0.6) is 0 Å². The summed E-state index contributed by atoms with van der Waals surface area (Å²) in [6, 6.07) is 0. The first kappa shape index (κ1) is 9.70. The quantitative estimate of drug-likeness (QED) is 0.554. The van der Waals surface area contributed by atoms with Crippen LogP contribution < -0.4 is 0 Å². The molecule has 0 atom stereocenters. The lowest BCUT2D eigenvalue weighted by Crippen LogP contribution is -1.83. The number of hydrogen-bond acceptors (Lipinski definition) is 2. The van der Waals surface area contributed by atoms with E-state index in [1.807, 2.05) is 11.8 Å². The second-order valence-electron chi connectivity index (χ2n) is 1.96. The van der Waals surface area contributed by atoms with Crippen molar-refractivity contribution in [3.05, 3.63) is 0 Å². The highest BCUT2D eigenvalue weighted by Crippen LogP contribution is 2.06. The fourth-order valence-electron chi connectivity index (χ4n) is 0.552. The molecule has 0 aliphatic rings. The topological polar surface area (TPSA) is 0 Å². The van der Waals surface area contributed by atoms with Crippen molar-refractivity contribution < 1.29 is 0 Å². The molecule has 0 aliphatic heterocycles. The summed E-state index contributed by atoms with van der Waals surface area (Å²) in [7, 11) is 0. The summed E-state index contributed by atoms with van der Waals surface area (Å²) in [6.07, 6.45) is 4.88.